The molecule has 1 aliphatic rings. The van der Waals surface area contributed by atoms with E-state index in [1.807, 2.05) is 0 Å². The van der Waals surface area contributed by atoms with Gasteiger partial charge in [-0.25, -0.2) is 0 Å². The number of hydrogen-bond acceptors (Lipinski definition) is 4. The SMILES string of the molecule is COCCNCc1ccc(N(C)C2CCOC2C)cc1C. The van der Waals surface area contributed by atoms with Gasteiger partial charge in [-0.15, -0.1) is 0 Å². The van der Waals surface area contributed by atoms with Crippen molar-refractivity contribution in [2.75, 3.05) is 38.8 Å². The molecule has 2 rings (SSSR count). The normalized spacial score (nSPS) is 21.7. The number of ether oxygens (including phenoxy) is 2. The molecule has 1 aliphatic heterocycles. The molecule has 1 heterocycles. The minimum Gasteiger partial charge on any atom is -0.383 e. The number of nitrogens with zero attached hydrogens (tertiary/aromatic N) is 1. The summed E-state index contributed by atoms with van der Waals surface area (Å²) in [7, 11) is 3.90. The fourth-order valence-corrected chi connectivity index (χ4v) is 2.92. The smallest absolute Gasteiger partial charge is 0.0750 e. The second kappa shape index (κ2) is 7.78. The Hall–Kier alpha value is -1.10. The van der Waals surface area contributed by atoms with Crippen LogP contribution < -0.4 is 10.2 Å². The van der Waals surface area contributed by atoms with Crippen molar-refractivity contribution in [3.8, 4) is 0 Å². The van der Waals surface area contributed by atoms with E-state index in [-0.39, 0.29) is 0 Å². The number of rotatable bonds is 7. The van der Waals surface area contributed by atoms with Gasteiger partial charge < -0.3 is 19.7 Å². The van der Waals surface area contributed by atoms with Gasteiger partial charge in [0.15, 0.2) is 0 Å². The van der Waals surface area contributed by atoms with Crippen LogP contribution in [-0.2, 0) is 16.0 Å². The summed E-state index contributed by atoms with van der Waals surface area (Å²) >= 11 is 0. The maximum atomic E-state index is 5.67. The van der Waals surface area contributed by atoms with Crippen molar-refractivity contribution in [1.82, 2.24) is 5.32 Å². The molecule has 4 heteroatoms. The van der Waals surface area contributed by atoms with Gasteiger partial charge in [0.05, 0.1) is 18.8 Å². The molecule has 118 valence electrons. The standard InChI is InChI=1S/C17H28N2O2/c1-13-11-16(19(3)17-7-9-21-14(17)2)6-5-15(13)12-18-8-10-20-4/h5-6,11,14,17-18H,7-10,12H2,1-4H3. The number of benzene rings is 1. The van der Waals surface area contributed by atoms with E-state index < -0.39 is 0 Å². The van der Waals surface area contributed by atoms with E-state index in [0.717, 1.165) is 32.7 Å². The number of likely N-dealkylation sites (N-methyl/N-ethyl adjacent to an activating group) is 1. The van der Waals surface area contributed by atoms with Gasteiger partial charge in [-0.05, 0) is 43.5 Å². The Labute approximate surface area is 128 Å². The van der Waals surface area contributed by atoms with E-state index in [0.29, 0.717) is 12.1 Å². The molecular formula is C17H28N2O2. The van der Waals surface area contributed by atoms with Crippen LogP contribution in [0.4, 0.5) is 5.69 Å². The maximum Gasteiger partial charge on any atom is 0.0750 e. The molecule has 1 fully saturated rings. The molecule has 0 aliphatic carbocycles. The first-order chi connectivity index (χ1) is 10.1. The molecular weight excluding hydrogens is 264 g/mol. The van der Waals surface area contributed by atoms with Crippen molar-refractivity contribution in [3.05, 3.63) is 29.3 Å². The fourth-order valence-electron chi connectivity index (χ4n) is 2.92. The molecule has 0 radical (unpaired) electrons. The van der Waals surface area contributed by atoms with Crippen molar-refractivity contribution in [2.45, 2.75) is 39.0 Å². The quantitative estimate of drug-likeness (QED) is 0.782. The summed E-state index contributed by atoms with van der Waals surface area (Å²) in [5.41, 5.74) is 3.95. The number of hydrogen-bond donors (Lipinski definition) is 1. The van der Waals surface area contributed by atoms with Crippen LogP contribution in [0.3, 0.4) is 0 Å². The van der Waals surface area contributed by atoms with Gasteiger partial charge in [0.25, 0.3) is 0 Å². The van der Waals surface area contributed by atoms with Gasteiger partial charge in [-0.1, -0.05) is 6.07 Å². The van der Waals surface area contributed by atoms with Crippen LogP contribution in [-0.4, -0.2) is 46.1 Å². The Morgan fingerprint density at radius 2 is 2.24 bits per heavy atom. The van der Waals surface area contributed by atoms with Crippen LogP contribution in [0.5, 0.6) is 0 Å². The maximum absolute atomic E-state index is 5.67. The molecule has 21 heavy (non-hydrogen) atoms. The molecule has 0 aromatic heterocycles. The Kier molecular flexibility index (Phi) is 6.03. The zero-order chi connectivity index (χ0) is 15.2. The van der Waals surface area contributed by atoms with E-state index in [9.17, 15) is 0 Å². The molecule has 1 saturated heterocycles. The van der Waals surface area contributed by atoms with Crippen LogP contribution in [0.2, 0.25) is 0 Å². The third-order valence-electron chi connectivity index (χ3n) is 4.37. The van der Waals surface area contributed by atoms with E-state index in [2.05, 4.69) is 49.3 Å². The Balaban J connectivity index is 1.97. The van der Waals surface area contributed by atoms with Gasteiger partial charge in [0, 0.05) is 39.5 Å². The summed E-state index contributed by atoms with van der Waals surface area (Å²) in [6.45, 7) is 7.74. The lowest BCUT2D eigenvalue weighted by atomic mass is 10.0. The van der Waals surface area contributed by atoms with Gasteiger partial charge in [-0.2, -0.15) is 0 Å². The zero-order valence-electron chi connectivity index (χ0n) is 13.7. The zero-order valence-corrected chi connectivity index (χ0v) is 13.7. The van der Waals surface area contributed by atoms with Crippen molar-refractivity contribution in [1.29, 1.82) is 0 Å². The lowest BCUT2D eigenvalue weighted by Gasteiger charge is -2.29. The van der Waals surface area contributed by atoms with Crippen LogP contribution >= 0.6 is 0 Å². The summed E-state index contributed by atoms with van der Waals surface area (Å²) in [6.07, 6.45) is 1.42. The number of nitrogens with one attached hydrogen (secondary N) is 1. The Morgan fingerprint density at radius 1 is 1.43 bits per heavy atom. The van der Waals surface area contributed by atoms with E-state index in [1.54, 1.807) is 7.11 Å². The number of aryl methyl sites for hydroxylation is 1. The predicted octanol–water partition coefficient (Wildman–Crippen LogP) is 2.34. The molecule has 1 N–H and O–H groups in total. The average molecular weight is 292 g/mol. The molecule has 0 bridgehead atoms. The van der Waals surface area contributed by atoms with Crippen molar-refractivity contribution >= 4 is 5.69 Å². The number of anilines is 1. The van der Waals surface area contributed by atoms with Gasteiger partial charge >= 0.3 is 0 Å². The van der Waals surface area contributed by atoms with E-state index in [4.69, 9.17) is 9.47 Å². The highest BCUT2D eigenvalue weighted by Crippen LogP contribution is 2.26. The Bertz CT molecular complexity index is 450. The van der Waals surface area contributed by atoms with Gasteiger partial charge in [0.2, 0.25) is 0 Å². The third kappa shape index (κ3) is 4.19. The molecule has 0 saturated carbocycles. The second-order valence-electron chi connectivity index (χ2n) is 5.82. The monoisotopic (exact) mass is 292 g/mol. The predicted molar refractivity (Wildman–Crippen MR) is 87.0 cm³/mol. The highest BCUT2D eigenvalue weighted by Gasteiger charge is 2.28. The minimum atomic E-state index is 0.311. The number of methoxy groups -OCH3 is 1. The van der Waals surface area contributed by atoms with Gasteiger partial charge in [-0.3, -0.25) is 0 Å². The van der Waals surface area contributed by atoms with Crippen molar-refractivity contribution < 1.29 is 9.47 Å². The minimum absolute atomic E-state index is 0.311. The van der Waals surface area contributed by atoms with Crippen molar-refractivity contribution in [2.24, 2.45) is 0 Å². The summed E-state index contributed by atoms with van der Waals surface area (Å²) in [4.78, 5) is 2.35. The third-order valence-corrected chi connectivity index (χ3v) is 4.37. The average Bonchev–Trinajstić information content (AvgIpc) is 2.90. The van der Waals surface area contributed by atoms with Crippen LogP contribution in [0, 0.1) is 6.92 Å². The Morgan fingerprint density at radius 3 is 2.86 bits per heavy atom. The molecule has 0 spiro atoms. The highest BCUT2D eigenvalue weighted by atomic mass is 16.5. The lowest BCUT2D eigenvalue weighted by molar-refractivity contribution is 0.118. The first-order valence-electron chi connectivity index (χ1n) is 7.77. The van der Waals surface area contributed by atoms with E-state index in [1.165, 1.54) is 16.8 Å². The summed E-state index contributed by atoms with van der Waals surface area (Å²) in [6, 6.07) is 7.20. The molecule has 4 nitrogen and oxygen atoms in total. The molecule has 1 aromatic rings. The van der Waals surface area contributed by atoms with Gasteiger partial charge in [0.1, 0.15) is 0 Å². The topological polar surface area (TPSA) is 33.7 Å². The fraction of sp³-hybridized carbons (Fsp3) is 0.647. The summed E-state index contributed by atoms with van der Waals surface area (Å²) < 4.78 is 10.7. The first-order valence-corrected chi connectivity index (χ1v) is 7.77. The van der Waals surface area contributed by atoms with Crippen LogP contribution in [0.15, 0.2) is 18.2 Å². The first kappa shape index (κ1) is 16.3. The molecule has 1 aromatic carbocycles. The summed E-state index contributed by atoms with van der Waals surface area (Å²) in [5.74, 6) is 0. The van der Waals surface area contributed by atoms with Crippen LogP contribution in [0.25, 0.3) is 0 Å². The highest BCUT2D eigenvalue weighted by molar-refractivity contribution is 5.51. The molecule has 0 amide bonds. The second-order valence-corrected chi connectivity index (χ2v) is 5.82. The largest absolute Gasteiger partial charge is 0.383 e. The van der Waals surface area contributed by atoms with Crippen LogP contribution in [0.1, 0.15) is 24.5 Å². The molecule has 2 unspecified atom stereocenters. The summed E-state index contributed by atoms with van der Waals surface area (Å²) in [5, 5.41) is 3.40. The molecule has 2 atom stereocenters. The van der Waals surface area contributed by atoms with E-state index >= 15 is 0 Å². The lowest BCUT2D eigenvalue weighted by Crippen LogP contribution is -2.36. The van der Waals surface area contributed by atoms with Crippen molar-refractivity contribution in [3.63, 3.8) is 0 Å².